The molecule has 0 unspecified atom stereocenters. The number of amides is 1. The number of carbonyl (C=O) groups excluding carboxylic acids is 1. The van der Waals surface area contributed by atoms with Crippen LogP contribution in [0.5, 0.6) is 0 Å². The zero-order valence-corrected chi connectivity index (χ0v) is 12.1. The third-order valence-corrected chi connectivity index (χ3v) is 4.78. The lowest BCUT2D eigenvalue weighted by atomic mass is 9.77. The Labute approximate surface area is 112 Å². The first kappa shape index (κ1) is 13.9. The lowest BCUT2D eigenvalue weighted by Crippen LogP contribution is -2.45. The topological polar surface area (TPSA) is 29.1 Å². The highest BCUT2D eigenvalue weighted by molar-refractivity contribution is 5.83. The molecule has 1 N–H and O–H groups in total. The van der Waals surface area contributed by atoms with Crippen LogP contribution in [0.25, 0.3) is 0 Å². The lowest BCUT2D eigenvalue weighted by Gasteiger charge is -2.33. The summed E-state index contributed by atoms with van der Waals surface area (Å²) < 4.78 is 0. The Kier molecular flexibility index (Phi) is 4.69. The molecule has 2 rings (SSSR count). The molecule has 0 heterocycles. The summed E-state index contributed by atoms with van der Waals surface area (Å²) in [5.41, 5.74) is -0.0222. The van der Waals surface area contributed by atoms with Gasteiger partial charge in [0.2, 0.25) is 5.91 Å². The van der Waals surface area contributed by atoms with E-state index in [2.05, 4.69) is 19.2 Å². The Balaban J connectivity index is 1.95. The van der Waals surface area contributed by atoms with Crippen LogP contribution in [0.4, 0.5) is 0 Å². The minimum Gasteiger partial charge on any atom is -0.353 e. The molecule has 2 aliphatic carbocycles. The molecule has 2 aliphatic rings. The van der Waals surface area contributed by atoms with Gasteiger partial charge in [0.15, 0.2) is 0 Å². The van der Waals surface area contributed by atoms with Crippen LogP contribution < -0.4 is 5.32 Å². The van der Waals surface area contributed by atoms with Gasteiger partial charge in [-0.2, -0.15) is 0 Å². The van der Waals surface area contributed by atoms with Gasteiger partial charge >= 0.3 is 0 Å². The van der Waals surface area contributed by atoms with Crippen molar-refractivity contribution in [2.24, 2.45) is 11.3 Å². The fourth-order valence-electron chi connectivity index (χ4n) is 3.94. The second-order valence-corrected chi connectivity index (χ2v) is 6.89. The maximum atomic E-state index is 12.7. The molecule has 0 saturated heterocycles. The first-order chi connectivity index (χ1) is 8.62. The smallest absolute Gasteiger partial charge is 0.226 e. The Morgan fingerprint density at radius 3 is 2.28 bits per heavy atom. The zero-order valence-electron chi connectivity index (χ0n) is 12.1. The van der Waals surface area contributed by atoms with Crippen molar-refractivity contribution in [3.8, 4) is 0 Å². The summed E-state index contributed by atoms with van der Waals surface area (Å²) in [5.74, 6) is 1.00. The summed E-state index contributed by atoms with van der Waals surface area (Å²) in [6.07, 6.45) is 12.1. The molecule has 1 amide bonds. The van der Waals surface area contributed by atoms with Gasteiger partial charge in [-0.1, -0.05) is 46.0 Å². The van der Waals surface area contributed by atoms with Crippen LogP contribution >= 0.6 is 0 Å². The molecular weight excluding hydrogens is 222 g/mol. The van der Waals surface area contributed by atoms with Crippen molar-refractivity contribution in [1.82, 2.24) is 5.32 Å². The number of hydrogen-bond donors (Lipinski definition) is 1. The summed E-state index contributed by atoms with van der Waals surface area (Å²) in [6, 6.07) is 0.468. The molecule has 0 bridgehead atoms. The number of hydrogen-bond acceptors (Lipinski definition) is 1. The van der Waals surface area contributed by atoms with Crippen molar-refractivity contribution in [3.05, 3.63) is 0 Å². The second kappa shape index (κ2) is 6.08. The van der Waals surface area contributed by atoms with Gasteiger partial charge in [0.1, 0.15) is 0 Å². The minimum atomic E-state index is -0.0222. The molecule has 0 spiro atoms. The molecule has 2 heteroatoms. The Hall–Kier alpha value is -0.530. The van der Waals surface area contributed by atoms with Crippen LogP contribution in [-0.4, -0.2) is 11.9 Å². The standard InChI is InChI=1S/C16H29NO/c1-13(2)12-16(10-6-7-11-16)15(18)17-14-8-4-3-5-9-14/h13-14H,3-12H2,1-2H3,(H,17,18). The normalized spacial score (nSPS) is 24.4. The van der Waals surface area contributed by atoms with Crippen LogP contribution in [0, 0.1) is 11.3 Å². The molecule has 0 aromatic heterocycles. The summed E-state index contributed by atoms with van der Waals surface area (Å²) >= 11 is 0. The Morgan fingerprint density at radius 2 is 1.72 bits per heavy atom. The van der Waals surface area contributed by atoms with Gasteiger partial charge in [-0.15, -0.1) is 0 Å². The van der Waals surface area contributed by atoms with Gasteiger partial charge in [-0.3, -0.25) is 4.79 Å². The molecule has 104 valence electrons. The van der Waals surface area contributed by atoms with Gasteiger partial charge in [0, 0.05) is 11.5 Å². The van der Waals surface area contributed by atoms with Gasteiger partial charge in [-0.05, 0) is 38.0 Å². The van der Waals surface area contributed by atoms with E-state index in [4.69, 9.17) is 0 Å². The van der Waals surface area contributed by atoms with E-state index < -0.39 is 0 Å². The Morgan fingerprint density at radius 1 is 1.11 bits per heavy atom. The number of rotatable bonds is 4. The van der Waals surface area contributed by atoms with Gasteiger partial charge in [-0.25, -0.2) is 0 Å². The van der Waals surface area contributed by atoms with Gasteiger partial charge in [0.05, 0.1) is 0 Å². The average Bonchev–Trinajstić information content (AvgIpc) is 2.79. The van der Waals surface area contributed by atoms with E-state index in [1.807, 2.05) is 0 Å². The third kappa shape index (κ3) is 3.27. The van der Waals surface area contributed by atoms with Crippen molar-refractivity contribution in [1.29, 1.82) is 0 Å². The Bertz CT molecular complexity index is 273. The highest BCUT2D eigenvalue weighted by Gasteiger charge is 2.41. The van der Waals surface area contributed by atoms with Crippen molar-refractivity contribution in [2.45, 2.75) is 84.1 Å². The summed E-state index contributed by atoms with van der Waals surface area (Å²) in [7, 11) is 0. The highest BCUT2D eigenvalue weighted by Crippen LogP contribution is 2.43. The summed E-state index contributed by atoms with van der Waals surface area (Å²) in [6.45, 7) is 4.49. The number of carbonyl (C=O) groups is 1. The van der Waals surface area contributed by atoms with Gasteiger partial charge < -0.3 is 5.32 Å². The van der Waals surface area contributed by atoms with Crippen molar-refractivity contribution in [3.63, 3.8) is 0 Å². The first-order valence-corrected chi connectivity index (χ1v) is 7.93. The monoisotopic (exact) mass is 251 g/mol. The molecule has 0 aromatic rings. The van der Waals surface area contributed by atoms with Crippen LogP contribution in [0.3, 0.4) is 0 Å². The first-order valence-electron chi connectivity index (χ1n) is 7.93. The molecule has 0 radical (unpaired) electrons. The third-order valence-electron chi connectivity index (χ3n) is 4.78. The molecule has 2 fully saturated rings. The second-order valence-electron chi connectivity index (χ2n) is 6.89. The largest absolute Gasteiger partial charge is 0.353 e. The minimum absolute atomic E-state index is 0.0222. The quantitative estimate of drug-likeness (QED) is 0.802. The zero-order chi connectivity index (χ0) is 13.0. The van der Waals surface area contributed by atoms with Crippen LogP contribution in [0.1, 0.15) is 78.1 Å². The molecule has 0 aliphatic heterocycles. The van der Waals surface area contributed by atoms with Crippen molar-refractivity contribution < 1.29 is 4.79 Å². The molecule has 0 atom stereocenters. The SMILES string of the molecule is CC(C)CC1(C(=O)NC2CCCCC2)CCCC1. The van der Waals surface area contributed by atoms with E-state index in [9.17, 15) is 4.79 Å². The predicted molar refractivity (Wildman–Crippen MR) is 75.4 cm³/mol. The number of nitrogens with one attached hydrogen (secondary N) is 1. The molecule has 18 heavy (non-hydrogen) atoms. The van der Waals surface area contributed by atoms with E-state index in [0.717, 1.165) is 19.3 Å². The fraction of sp³-hybridized carbons (Fsp3) is 0.938. The molecule has 2 nitrogen and oxygen atoms in total. The fourth-order valence-corrected chi connectivity index (χ4v) is 3.94. The maximum Gasteiger partial charge on any atom is 0.226 e. The van der Waals surface area contributed by atoms with E-state index in [-0.39, 0.29) is 5.41 Å². The van der Waals surface area contributed by atoms with E-state index in [0.29, 0.717) is 17.9 Å². The van der Waals surface area contributed by atoms with Crippen LogP contribution in [0.15, 0.2) is 0 Å². The van der Waals surface area contributed by atoms with Crippen LogP contribution in [0.2, 0.25) is 0 Å². The van der Waals surface area contributed by atoms with Crippen molar-refractivity contribution >= 4 is 5.91 Å². The highest BCUT2D eigenvalue weighted by atomic mass is 16.2. The van der Waals surface area contributed by atoms with Gasteiger partial charge in [0.25, 0.3) is 0 Å². The van der Waals surface area contributed by atoms with E-state index in [1.54, 1.807) is 0 Å². The molecular formula is C16H29NO. The summed E-state index contributed by atoms with van der Waals surface area (Å²) in [5, 5.41) is 3.37. The van der Waals surface area contributed by atoms with Crippen LogP contribution in [-0.2, 0) is 4.79 Å². The summed E-state index contributed by atoms with van der Waals surface area (Å²) in [4.78, 5) is 12.7. The molecule has 0 aromatic carbocycles. The lowest BCUT2D eigenvalue weighted by molar-refractivity contribution is -0.132. The molecule has 2 saturated carbocycles. The van der Waals surface area contributed by atoms with E-state index in [1.165, 1.54) is 44.9 Å². The average molecular weight is 251 g/mol. The predicted octanol–water partition coefficient (Wildman–Crippen LogP) is 4.04. The van der Waals surface area contributed by atoms with E-state index >= 15 is 0 Å². The van der Waals surface area contributed by atoms with Crippen molar-refractivity contribution in [2.75, 3.05) is 0 Å². The maximum absolute atomic E-state index is 12.7.